The first-order chi connectivity index (χ1) is 6.88. The summed E-state index contributed by atoms with van der Waals surface area (Å²) in [7, 11) is 0. The highest BCUT2D eigenvalue weighted by atomic mass is 32.1. The minimum Gasteiger partial charge on any atom is -0.386 e. The van der Waals surface area contributed by atoms with Crippen molar-refractivity contribution in [1.82, 2.24) is 5.32 Å². The van der Waals surface area contributed by atoms with Crippen LogP contribution in [0.3, 0.4) is 0 Å². The maximum Gasteiger partial charge on any atom is 0.0296 e. The number of hydrogen-bond acceptors (Lipinski definition) is 2. The number of allylic oxidation sites excluding steroid dienone is 1. The van der Waals surface area contributed by atoms with Crippen molar-refractivity contribution in [3.8, 4) is 0 Å². The average molecular weight is 207 g/mol. The van der Waals surface area contributed by atoms with Gasteiger partial charge in [-0.25, -0.2) is 0 Å². The van der Waals surface area contributed by atoms with Gasteiger partial charge in [-0.15, -0.1) is 11.3 Å². The Labute approximate surface area is 89.8 Å². The Bertz CT molecular complexity index is 300. The van der Waals surface area contributed by atoms with Crippen molar-refractivity contribution >= 4 is 11.3 Å². The van der Waals surface area contributed by atoms with E-state index in [9.17, 15) is 0 Å². The maximum atomic E-state index is 3.57. The lowest BCUT2D eigenvalue weighted by atomic mass is 10.1. The van der Waals surface area contributed by atoms with Crippen LogP contribution in [0, 0.1) is 0 Å². The van der Waals surface area contributed by atoms with Crippen LogP contribution >= 0.6 is 11.3 Å². The molecule has 0 radical (unpaired) electrons. The standard InChI is InChI=1S/C12H17NS/c1-2-10-5-6-11(13-10)7-8-12-4-3-9-14-12/h3-5,9,11,13H,2,6-8H2,1H3. The molecule has 0 saturated heterocycles. The molecule has 76 valence electrons. The number of rotatable bonds is 4. The molecule has 0 amide bonds. The zero-order valence-corrected chi connectivity index (χ0v) is 9.44. The Kier molecular flexibility index (Phi) is 3.25. The van der Waals surface area contributed by atoms with Crippen LogP contribution in [0.25, 0.3) is 0 Å². The summed E-state index contributed by atoms with van der Waals surface area (Å²) in [5.41, 5.74) is 1.43. The fourth-order valence-corrected chi connectivity index (χ4v) is 2.60. The molecule has 1 aliphatic heterocycles. The molecular weight excluding hydrogens is 190 g/mol. The molecule has 1 aromatic rings. The van der Waals surface area contributed by atoms with Crippen molar-refractivity contribution in [3.63, 3.8) is 0 Å². The van der Waals surface area contributed by atoms with Gasteiger partial charge in [0.25, 0.3) is 0 Å². The summed E-state index contributed by atoms with van der Waals surface area (Å²) < 4.78 is 0. The fourth-order valence-electron chi connectivity index (χ4n) is 1.87. The minimum absolute atomic E-state index is 0.687. The second-order valence-corrected chi connectivity index (χ2v) is 4.81. The number of nitrogens with one attached hydrogen (secondary N) is 1. The van der Waals surface area contributed by atoms with E-state index in [1.54, 1.807) is 0 Å². The molecule has 0 spiro atoms. The predicted molar refractivity (Wildman–Crippen MR) is 62.6 cm³/mol. The fraction of sp³-hybridized carbons (Fsp3) is 0.500. The van der Waals surface area contributed by atoms with Crippen molar-refractivity contribution in [2.45, 2.75) is 38.6 Å². The van der Waals surface area contributed by atoms with Crippen LogP contribution in [0.15, 0.2) is 29.3 Å². The Morgan fingerprint density at radius 1 is 1.57 bits per heavy atom. The zero-order valence-electron chi connectivity index (χ0n) is 8.62. The first-order valence-corrected chi connectivity index (χ1v) is 6.24. The molecule has 1 nitrogen and oxygen atoms in total. The molecule has 1 aromatic heterocycles. The molecule has 0 aliphatic carbocycles. The molecule has 1 atom stereocenters. The molecule has 0 saturated carbocycles. The molecule has 2 rings (SSSR count). The highest BCUT2D eigenvalue weighted by Gasteiger charge is 2.13. The molecule has 1 N–H and O–H groups in total. The third-order valence-corrected chi connectivity index (χ3v) is 3.67. The van der Waals surface area contributed by atoms with E-state index in [-0.39, 0.29) is 0 Å². The molecule has 2 heteroatoms. The summed E-state index contributed by atoms with van der Waals surface area (Å²) in [5.74, 6) is 0. The third kappa shape index (κ3) is 2.38. The van der Waals surface area contributed by atoms with E-state index in [1.165, 1.54) is 29.8 Å². The maximum absolute atomic E-state index is 3.57. The summed E-state index contributed by atoms with van der Waals surface area (Å²) >= 11 is 1.87. The third-order valence-electron chi connectivity index (χ3n) is 2.74. The highest BCUT2D eigenvalue weighted by molar-refractivity contribution is 7.09. The van der Waals surface area contributed by atoms with Gasteiger partial charge in [0, 0.05) is 16.6 Å². The quantitative estimate of drug-likeness (QED) is 0.798. The van der Waals surface area contributed by atoms with Gasteiger partial charge in [0.2, 0.25) is 0 Å². The van der Waals surface area contributed by atoms with Crippen LogP contribution in [0.1, 0.15) is 31.1 Å². The Hall–Kier alpha value is -0.760. The molecule has 1 aliphatic rings. The predicted octanol–water partition coefficient (Wildman–Crippen LogP) is 3.34. The van der Waals surface area contributed by atoms with E-state index in [0.29, 0.717) is 6.04 Å². The van der Waals surface area contributed by atoms with Crippen LogP contribution in [0.2, 0.25) is 0 Å². The van der Waals surface area contributed by atoms with E-state index in [2.05, 4.69) is 35.8 Å². The first-order valence-electron chi connectivity index (χ1n) is 5.36. The van der Waals surface area contributed by atoms with Crippen molar-refractivity contribution in [3.05, 3.63) is 34.2 Å². The zero-order chi connectivity index (χ0) is 9.80. The van der Waals surface area contributed by atoms with Gasteiger partial charge in [-0.2, -0.15) is 0 Å². The van der Waals surface area contributed by atoms with Gasteiger partial charge in [0.1, 0.15) is 0 Å². The SMILES string of the molecule is CCC1=CCC(CCc2cccs2)N1. The van der Waals surface area contributed by atoms with E-state index >= 15 is 0 Å². The monoisotopic (exact) mass is 207 g/mol. The van der Waals surface area contributed by atoms with Crippen LogP contribution < -0.4 is 5.32 Å². The van der Waals surface area contributed by atoms with Crippen LogP contribution in [0.5, 0.6) is 0 Å². The van der Waals surface area contributed by atoms with Gasteiger partial charge in [-0.3, -0.25) is 0 Å². The number of hydrogen-bond donors (Lipinski definition) is 1. The lowest BCUT2D eigenvalue weighted by Gasteiger charge is -2.12. The second kappa shape index (κ2) is 4.65. The van der Waals surface area contributed by atoms with Gasteiger partial charge >= 0.3 is 0 Å². The molecule has 14 heavy (non-hydrogen) atoms. The summed E-state index contributed by atoms with van der Waals surface area (Å²) in [6.07, 6.45) is 7.20. The average Bonchev–Trinajstić information content (AvgIpc) is 2.86. The molecule has 2 heterocycles. The highest BCUT2D eigenvalue weighted by Crippen LogP contribution is 2.18. The van der Waals surface area contributed by atoms with Crippen LogP contribution in [0.4, 0.5) is 0 Å². The minimum atomic E-state index is 0.687. The van der Waals surface area contributed by atoms with Crippen LogP contribution in [-0.2, 0) is 6.42 Å². The van der Waals surface area contributed by atoms with E-state index < -0.39 is 0 Å². The summed E-state index contributed by atoms with van der Waals surface area (Å²) in [5, 5.41) is 5.73. The van der Waals surface area contributed by atoms with Gasteiger partial charge in [-0.05, 0) is 37.1 Å². The van der Waals surface area contributed by atoms with Crippen LogP contribution in [-0.4, -0.2) is 6.04 Å². The second-order valence-electron chi connectivity index (χ2n) is 3.78. The normalized spacial score (nSPS) is 20.6. The van der Waals surface area contributed by atoms with Crippen molar-refractivity contribution in [1.29, 1.82) is 0 Å². The lowest BCUT2D eigenvalue weighted by molar-refractivity contribution is 0.561. The van der Waals surface area contributed by atoms with E-state index in [0.717, 1.165) is 6.42 Å². The summed E-state index contributed by atoms with van der Waals surface area (Å²) in [4.78, 5) is 1.51. The van der Waals surface area contributed by atoms with Gasteiger partial charge < -0.3 is 5.32 Å². The molecule has 1 unspecified atom stereocenters. The molecule has 0 bridgehead atoms. The van der Waals surface area contributed by atoms with Crippen molar-refractivity contribution < 1.29 is 0 Å². The van der Waals surface area contributed by atoms with E-state index in [4.69, 9.17) is 0 Å². The lowest BCUT2D eigenvalue weighted by Crippen LogP contribution is -2.22. The van der Waals surface area contributed by atoms with Crippen molar-refractivity contribution in [2.24, 2.45) is 0 Å². The molecule has 0 aromatic carbocycles. The molecular formula is C12H17NS. The van der Waals surface area contributed by atoms with Gasteiger partial charge in [-0.1, -0.05) is 19.1 Å². The summed E-state index contributed by atoms with van der Waals surface area (Å²) in [6, 6.07) is 5.05. The Balaban J connectivity index is 1.74. The Morgan fingerprint density at radius 3 is 3.14 bits per heavy atom. The number of aryl methyl sites for hydroxylation is 1. The van der Waals surface area contributed by atoms with E-state index in [1.807, 2.05) is 11.3 Å². The van der Waals surface area contributed by atoms with Gasteiger partial charge in [0.15, 0.2) is 0 Å². The van der Waals surface area contributed by atoms with Gasteiger partial charge in [0.05, 0.1) is 0 Å². The smallest absolute Gasteiger partial charge is 0.0296 e. The summed E-state index contributed by atoms with van der Waals surface area (Å²) in [6.45, 7) is 2.21. The topological polar surface area (TPSA) is 12.0 Å². The Morgan fingerprint density at radius 2 is 2.50 bits per heavy atom. The molecule has 0 fully saturated rings. The number of thiophene rings is 1. The first kappa shape index (κ1) is 9.78. The van der Waals surface area contributed by atoms with Crippen molar-refractivity contribution in [2.75, 3.05) is 0 Å². The largest absolute Gasteiger partial charge is 0.386 e.